The van der Waals surface area contributed by atoms with E-state index in [1.54, 1.807) is 24.1 Å². The number of nitrogens with zero attached hydrogens (tertiary/aromatic N) is 5. The Morgan fingerprint density at radius 3 is 2.53 bits per heavy atom. The summed E-state index contributed by atoms with van der Waals surface area (Å²) in [6, 6.07) is 4.99. The third-order valence-electron chi connectivity index (χ3n) is 8.00. The van der Waals surface area contributed by atoms with Gasteiger partial charge in [0.1, 0.15) is 10.8 Å². The van der Waals surface area contributed by atoms with Crippen LogP contribution in [0, 0.1) is 6.92 Å². The van der Waals surface area contributed by atoms with Crippen LogP contribution in [0.2, 0.25) is 5.02 Å². The van der Waals surface area contributed by atoms with Gasteiger partial charge in [-0.15, -0.1) is 0 Å². The van der Waals surface area contributed by atoms with Gasteiger partial charge in [-0.05, 0) is 88.7 Å². The van der Waals surface area contributed by atoms with E-state index < -0.39 is 10.8 Å². The maximum absolute atomic E-state index is 12.8. The highest BCUT2D eigenvalue weighted by atomic mass is 35.5. The second-order valence-corrected chi connectivity index (χ2v) is 14.7. The number of rotatable bonds is 13. The molecular weight excluding hydrogens is 584 g/mol. The first-order valence-corrected chi connectivity index (χ1v) is 16.9. The van der Waals surface area contributed by atoms with E-state index in [1.807, 2.05) is 13.8 Å². The summed E-state index contributed by atoms with van der Waals surface area (Å²) < 4.78 is 20.9. The number of halogens is 1. The van der Waals surface area contributed by atoms with Gasteiger partial charge in [-0.3, -0.25) is 8.89 Å². The molecule has 2 saturated carbocycles. The first-order valence-electron chi connectivity index (χ1n) is 15.3. The number of likely N-dealkylation sites (N-methyl/N-ethyl adjacent to an activating group) is 1. The van der Waals surface area contributed by atoms with Crippen molar-refractivity contribution in [1.29, 1.82) is 0 Å². The van der Waals surface area contributed by atoms with E-state index in [-0.39, 0.29) is 11.4 Å². The molecule has 0 aliphatic heterocycles. The molecular formula is C31H45ClN8O2S. The van der Waals surface area contributed by atoms with E-state index in [0.717, 1.165) is 37.4 Å². The van der Waals surface area contributed by atoms with Crippen molar-refractivity contribution < 1.29 is 8.95 Å². The standard InChI is InChI=1S/C31H45ClN8O2S/c1-19(2)43(41)30-27(18-40(6)38-30)35-29-25(32)17-34-31(37-29)36-26-15-20(3)24(16-28(26)42-23-11-12-23)21-7-9-22(10-8-21)33-13-14-39(4)5/h15-19,21-23,33H,7-14H2,1-6H3,(H2,34,35,36,37). The molecule has 0 amide bonds. The second-order valence-electron chi connectivity index (χ2n) is 12.3. The molecule has 234 valence electrons. The van der Waals surface area contributed by atoms with Gasteiger partial charge >= 0.3 is 0 Å². The van der Waals surface area contributed by atoms with E-state index in [9.17, 15) is 4.21 Å². The first kappa shape index (κ1) is 31.7. The summed E-state index contributed by atoms with van der Waals surface area (Å²) >= 11 is 6.49. The average molecular weight is 629 g/mol. The fourth-order valence-corrected chi connectivity index (χ4v) is 6.61. The third-order valence-corrected chi connectivity index (χ3v) is 9.82. The van der Waals surface area contributed by atoms with E-state index >= 15 is 0 Å². The van der Waals surface area contributed by atoms with Gasteiger partial charge in [0.2, 0.25) is 5.95 Å². The Kier molecular flexibility index (Phi) is 10.3. The summed E-state index contributed by atoms with van der Waals surface area (Å²) in [4.78, 5) is 11.3. The quantitative estimate of drug-likeness (QED) is 0.213. The minimum Gasteiger partial charge on any atom is -0.488 e. The Morgan fingerprint density at radius 1 is 1.12 bits per heavy atom. The molecule has 1 aromatic carbocycles. The number of nitrogens with one attached hydrogen (secondary N) is 3. The zero-order chi connectivity index (χ0) is 30.7. The molecule has 10 nitrogen and oxygen atoms in total. The van der Waals surface area contributed by atoms with Crippen LogP contribution >= 0.6 is 11.6 Å². The molecule has 2 aliphatic rings. The van der Waals surface area contributed by atoms with Crippen LogP contribution in [0.15, 0.2) is 29.6 Å². The lowest BCUT2D eigenvalue weighted by Crippen LogP contribution is -2.37. The number of hydrogen-bond donors (Lipinski definition) is 3. The highest BCUT2D eigenvalue weighted by molar-refractivity contribution is 7.85. The molecule has 3 N–H and O–H groups in total. The second kappa shape index (κ2) is 13.9. The normalized spacial score (nSPS) is 19.6. The van der Waals surface area contributed by atoms with Crippen molar-refractivity contribution in [3.8, 4) is 5.75 Å². The van der Waals surface area contributed by atoms with E-state index in [4.69, 9.17) is 16.3 Å². The van der Waals surface area contributed by atoms with Gasteiger partial charge in [0.25, 0.3) is 0 Å². The third kappa shape index (κ3) is 8.26. The van der Waals surface area contributed by atoms with Crippen molar-refractivity contribution in [3.63, 3.8) is 0 Å². The van der Waals surface area contributed by atoms with Crippen LogP contribution in [0.25, 0.3) is 0 Å². The number of aromatic nitrogens is 4. The number of anilines is 4. The largest absolute Gasteiger partial charge is 0.488 e. The zero-order valence-corrected chi connectivity index (χ0v) is 27.7. The molecule has 0 spiro atoms. The van der Waals surface area contributed by atoms with Crippen molar-refractivity contribution in [2.45, 2.75) is 87.6 Å². The molecule has 3 aromatic rings. The molecule has 0 bridgehead atoms. The van der Waals surface area contributed by atoms with Gasteiger partial charge in [-0.1, -0.05) is 25.4 Å². The smallest absolute Gasteiger partial charge is 0.229 e. The summed E-state index contributed by atoms with van der Waals surface area (Å²) in [5.41, 5.74) is 4.04. The van der Waals surface area contributed by atoms with Gasteiger partial charge < -0.3 is 25.6 Å². The number of ether oxygens (including phenoxy) is 1. The summed E-state index contributed by atoms with van der Waals surface area (Å²) in [6.45, 7) is 8.08. The Labute approximate surface area is 262 Å². The highest BCUT2D eigenvalue weighted by Crippen LogP contribution is 2.41. The lowest BCUT2D eigenvalue weighted by molar-refractivity contribution is 0.302. The fourth-order valence-electron chi connectivity index (χ4n) is 5.49. The van der Waals surface area contributed by atoms with Gasteiger partial charge in [0.05, 0.1) is 34.5 Å². The van der Waals surface area contributed by atoms with E-state index in [1.165, 1.54) is 36.8 Å². The summed E-state index contributed by atoms with van der Waals surface area (Å²) in [6.07, 6.45) is 10.4. The SMILES string of the molecule is Cc1cc(Nc2ncc(Cl)c(Nc3cn(C)nc3S(=O)C(C)C)n2)c(OC2CC2)cc1C1CCC(NCCN(C)C)CC1. The first-order chi connectivity index (χ1) is 20.6. The summed E-state index contributed by atoms with van der Waals surface area (Å²) in [7, 11) is 4.75. The Hall–Kier alpha value is -2.73. The molecule has 1 unspecified atom stereocenters. The van der Waals surface area contributed by atoms with Gasteiger partial charge in [0.15, 0.2) is 10.8 Å². The molecule has 2 aliphatic carbocycles. The minimum atomic E-state index is -1.28. The van der Waals surface area contributed by atoms with Crippen LogP contribution in [-0.4, -0.2) is 73.4 Å². The number of aryl methyl sites for hydroxylation is 2. The molecule has 2 heterocycles. The number of benzene rings is 1. The summed E-state index contributed by atoms with van der Waals surface area (Å²) in [5, 5.41) is 15.5. The van der Waals surface area contributed by atoms with Crippen LogP contribution in [0.1, 0.15) is 69.4 Å². The van der Waals surface area contributed by atoms with Crippen molar-refractivity contribution in [2.24, 2.45) is 7.05 Å². The van der Waals surface area contributed by atoms with Crippen molar-refractivity contribution >= 4 is 45.5 Å². The molecule has 0 radical (unpaired) electrons. The predicted octanol–water partition coefficient (Wildman–Crippen LogP) is 5.89. The Morgan fingerprint density at radius 2 is 1.86 bits per heavy atom. The maximum atomic E-state index is 12.8. The summed E-state index contributed by atoms with van der Waals surface area (Å²) in [5.74, 6) is 2.15. The van der Waals surface area contributed by atoms with E-state index in [0.29, 0.717) is 39.5 Å². The van der Waals surface area contributed by atoms with Gasteiger partial charge in [-0.2, -0.15) is 10.1 Å². The lowest BCUT2D eigenvalue weighted by Gasteiger charge is -2.31. The van der Waals surface area contributed by atoms with Crippen molar-refractivity contribution in [1.82, 2.24) is 30.0 Å². The fraction of sp³-hybridized carbons (Fsp3) is 0.581. The monoisotopic (exact) mass is 628 g/mol. The zero-order valence-electron chi connectivity index (χ0n) is 26.1. The predicted molar refractivity (Wildman–Crippen MR) is 175 cm³/mol. The van der Waals surface area contributed by atoms with Crippen LogP contribution in [0.4, 0.5) is 23.1 Å². The van der Waals surface area contributed by atoms with Crippen molar-refractivity contribution in [3.05, 3.63) is 40.7 Å². The topological polar surface area (TPSA) is 109 Å². The maximum Gasteiger partial charge on any atom is 0.229 e. The molecule has 12 heteroatoms. The Bertz CT molecular complexity index is 1430. The molecule has 2 fully saturated rings. The molecule has 1 atom stereocenters. The molecule has 5 rings (SSSR count). The highest BCUT2D eigenvalue weighted by Gasteiger charge is 2.28. The van der Waals surface area contributed by atoms with Crippen molar-refractivity contribution in [2.75, 3.05) is 37.8 Å². The van der Waals surface area contributed by atoms with Gasteiger partial charge in [0, 0.05) is 37.6 Å². The van der Waals surface area contributed by atoms with Crippen LogP contribution in [0.5, 0.6) is 5.75 Å². The van der Waals surface area contributed by atoms with Gasteiger partial charge in [-0.25, -0.2) is 4.98 Å². The van der Waals surface area contributed by atoms with E-state index in [2.05, 4.69) is 69.1 Å². The minimum absolute atomic E-state index is 0.0792. The Balaban J connectivity index is 1.33. The molecule has 2 aromatic heterocycles. The lowest BCUT2D eigenvalue weighted by atomic mass is 9.80. The van der Waals surface area contributed by atoms with Crippen LogP contribution in [0.3, 0.4) is 0 Å². The van der Waals surface area contributed by atoms with Crippen LogP contribution in [-0.2, 0) is 17.8 Å². The molecule has 43 heavy (non-hydrogen) atoms. The molecule has 0 saturated heterocycles. The number of hydrogen-bond acceptors (Lipinski definition) is 9. The average Bonchev–Trinajstić information content (AvgIpc) is 3.71. The van der Waals surface area contributed by atoms with Crippen LogP contribution < -0.4 is 20.7 Å².